The second kappa shape index (κ2) is 7.64. The molecule has 2 rings (SSSR count). The zero-order valence-corrected chi connectivity index (χ0v) is 13.1. The average molecular weight is 313 g/mol. The van der Waals surface area contributed by atoms with Gasteiger partial charge in [0.1, 0.15) is 11.9 Å². The molecule has 0 saturated carbocycles. The zero-order valence-electron chi connectivity index (χ0n) is 12.3. The van der Waals surface area contributed by atoms with Crippen molar-refractivity contribution in [3.05, 3.63) is 28.8 Å². The number of nitrogens with one attached hydrogen (secondary N) is 2. The van der Waals surface area contributed by atoms with E-state index in [0.29, 0.717) is 19.7 Å². The van der Waals surface area contributed by atoms with Crippen LogP contribution >= 0.6 is 11.6 Å². The Kier molecular flexibility index (Phi) is 5.85. The van der Waals surface area contributed by atoms with Gasteiger partial charge in [-0.1, -0.05) is 11.6 Å². The topological polar surface area (TPSA) is 59.6 Å². The monoisotopic (exact) mass is 312 g/mol. The lowest BCUT2D eigenvalue weighted by Gasteiger charge is -2.17. The first-order valence-corrected chi connectivity index (χ1v) is 7.43. The molecular formula is C15H21ClN2O3. The second-order valence-corrected chi connectivity index (χ2v) is 5.55. The third-order valence-corrected chi connectivity index (χ3v) is 3.65. The van der Waals surface area contributed by atoms with Crippen molar-refractivity contribution in [3.63, 3.8) is 0 Å². The number of carbonyl (C=O) groups is 1. The number of carbonyl (C=O) groups excluding carboxylic acids is 1. The molecule has 2 unspecified atom stereocenters. The van der Waals surface area contributed by atoms with Gasteiger partial charge in [0.15, 0.2) is 0 Å². The molecule has 5 nitrogen and oxygen atoms in total. The number of halogens is 1. The number of fused-ring (bicyclic) bond motifs is 1. The van der Waals surface area contributed by atoms with E-state index >= 15 is 0 Å². The van der Waals surface area contributed by atoms with Gasteiger partial charge in [-0.25, -0.2) is 0 Å². The predicted octanol–water partition coefficient (Wildman–Crippen LogP) is 1.38. The number of methoxy groups -OCH3 is 1. The fourth-order valence-corrected chi connectivity index (χ4v) is 2.43. The van der Waals surface area contributed by atoms with E-state index in [-0.39, 0.29) is 18.1 Å². The van der Waals surface area contributed by atoms with Crippen molar-refractivity contribution < 1.29 is 14.3 Å². The van der Waals surface area contributed by atoms with E-state index in [1.807, 2.05) is 25.1 Å². The van der Waals surface area contributed by atoms with E-state index in [4.69, 9.17) is 21.1 Å². The lowest BCUT2D eigenvalue weighted by atomic mass is 10.1. The molecule has 6 heteroatoms. The summed E-state index contributed by atoms with van der Waals surface area (Å²) in [5.41, 5.74) is 1.12. The van der Waals surface area contributed by atoms with Crippen molar-refractivity contribution in [1.82, 2.24) is 10.6 Å². The highest BCUT2D eigenvalue weighted by Crippen LogP contribution is 2.30. The van der Waals surface area contributed by atoms with Crippen LogP contribution in [-0.4, -0.2) is 44.9 Å². The van der Waals surface area contributed by atoms with Crippen molar-refractivity contribution in [3.8, 4) is 5.75 Å². The molecule has 2 atom stereocenters. The second-order valence-electron chi connectivity index (χ2n) is 5.11. The first-order chi connectivity index (χ1) is 10.1. The minimum Gasteiger partial charge on any atom is -0.488 e. The molecule has 116 valence electrons. The number of ether oxygens (including phenoxy) is 2. The fourth-order valence-electron chi connectivity index (χ4n) is 2.23. The Morgan fingerprint density at radius 1 is 1.57 bits per heavy atom. The van der Waals surface area contributed by atoms with Crippen molar-refractivity contribution in [1.29, 1.82) is 0 Å². The van der Waals surface area contributed by atoms with Crippen molar-refractivity contribution in [2.75, 3.05) is 26.8 Å². The Labute approximate surface area is 130 Å². The molecule has 1 amide bonds. The summed E-state index contributed by atoms with van der Waals surface area (Å²) < 4.78 is 10.7. The van der Waals surface area contributed by atoms with E-state index in [0.717, 1.165) is 22.8 Å². The maximum atomic E-state index is 11.8. The van der Waals surface area contributed by atoms with Gasteiger partial charge in [0.25, 0.3) is 0 Å². The molecule has 21 heavy (non-hydrogen) atoms. The van der Waals surface area contributed by atoms with Crippen LogP contribution in [0.2, 0.25) is 5.02 Å². The van der Waals surface area contributed by atoms with Crippen LogP contribution in [0.4, 0.5) is 0 Å². The van der Waals surface area contributed by atoms with Gasteiger partial charge in [-0.2, -0.15) is 0 Å². The van der Waals surface area contributed by atoms with Crippen LogP contribution in [-0.2, 0) is 16.0 Å². The van der Waals surface area contributed by atoms with E-state index < -0.39 is 0 Å². The third kappa shape index (κ3) is 4.59. The van der Waals surface area contributed by atoms with Crippen molar-refractivity contribution in [2.45, 2.75) is 25.5 Å². The molecule has 0 aliphatic carbocycles. The van der Waals surface area contributed by atoms with Crippen LogP contribution in [0.3, 0.4) is 0 Å². The molecule has 1 aliphatic heterocycles. The van der Waals surface area contributed by atoms with Crippen LogP contribution in [0, 0.1) is 0 Å². The molecule has 1 aliphatic rings. The Balaban J connectivity index is 1.73. The number of amides is 1. The summed E-state index contributed by atoms with van der Waals surface area (Å²) >= 11 is 5.97. The van der Waals surface area contributed by atoms with Crippen molar-refractivity contribution in [2.24, 2.45) is 0 Å². The molecule has 0 aromatic heterocycles. The molecule has 1 aromatic carbocycles. The summed E-state index contributed by atoms with van der Waals surface area (Å²) in [5.74, 6) is 0.842. The van der Waals surface area contributed by atoms with Crippen LogP contribution in [0.5, 0.6) is 5.75 Å². The molecule has 1 heterocycles. The molecule has 0 fully saturated rings. The normalized spacial score (nSPS) is 18.0. The third-order valence-electron chi connectivity index (χ3n) is 3.41. The number of benzene rings is 1. The first kappa shape index (κ1) is 16.1. The summed E-state index contributed by atoms with van der Waals surface area (Å²) in [6.07, 6.45) is 0.841. The largest absolute Gasteiger partial charge is 0.488 e. The van der Waals surface area contributed by atoms with Gasteiger partial charge >= 0.3 is 0 Å². The minimum atomic E-state index is -0.266. The van der Waals surface area contributed by atoms with Gasteiger partial charge in [0, 0.05) is 31.6 Å². The molecule has 0 saturated heterocycles. The summed E-state index contributed by atoms with van der Waals surface area (Å²) in [6, 6.07) is 5.37. The van der Waals surface area contributed by atoms with Gasteiger partial charge in [-0.15, -0.1) is 0 Å². The van der Waals surface area contributed by atoms with E-state index in [1.165, 1.54) is 0 Å². The minimum absolute atomic E-state index is 0.0349. The maximum Gasteiger partial charge on any atom is 0.236 e. The first-order valence-electron chi connectivity index (χ1n) is 7.05. The van der Waals surface area contributed by atoms with Crippen molar-refractivity contribution >= 4 is 17.5 Å². The molecule has 0 spiro atoms. The van der Waals surface area contributed by atoms with Crippen LogP contribution in [0.15, 0.2) is 18.2 Å². The van der Waals surface area contributed by atoms with E-state index in [2.05, 4.69) is 10.6 Å². The Morgan fingerprint density at radius 3 is 3.14 bits per heavy atom. The highest BCUT2D eigenvalue weighted by atomic mass is 35.5. The van der Waals surface area contributed by atoms with E-state index in [1.54, 1.807) is 7.11 Å². The summed E-state index contributed by atoms with van der Waals surface area (Å²) in [5, 5.41) is 6.71. The Bertz CT molecular complexity index is 496. The van der Waals surface area contributed by atoms with Gasteiger partial charge in [0.05, 0.1) is 12.6 Å². The number of hydrogen-bond acceptors (Lipinski definition) is 4. The average Bonchev–Trinajstić information content (AvgIpc) is 2.86. The number of rotatable bonds is 7. The van der Waals surface area contributed by atoms with Crippen LogP contribution < -0.4 is 15.4 Å². The molecule has 0 radical (unpaired) electrons. The summed E-state index contributed by atoms with van der Waals surface area (Å²) in [6.45, 7) is 3.48. The highest BCUT2D eigenvalue weighted by Gasteiger charge is 2.24. The fraction of sp³-hybridized carbons (Fsp3) is 0.533. The van der Waals surface area contributed by atoms with Crippen LogP contribution in [0.25, 0.3) is 0 Å². The van der Waals surface area contributed by atoms with Gasteiger partial charge in [-0.05, 0) is 30.7 Å². The molecule has 0 bridgehead atoms. The Hall–Kier alpha value is -1.30. The smallest absolute Gasteiger partial charge is 0.236 e. The SMILES string of the molecule is COCCNC(=O)C(C)NCC1Cc2cc(Cl)ccc2O1. The predicted molar refractivity (Wildman–Crippen MR) is 81.9 cm³/mol. The summed E-state index contributed by atoms with van der Waals surface area (Å²) in [4.78, 5) is 11.8. The van der Waals surface area contributed by atoms with Gasteiger partial charge in [-0.3, -0.25) is 4.79 Å². The lowest BCUT2D eigenvalue weighted by molar-refractivity contribution is -0.123. The molecular weight excluding hydrogens is 292 g/mol. The summed E-state index contributed by atoms with van der Waals surface area (Å²) in [7, 11) is 1.61. The number of hydrogen-bond donors (Lipinski definition) is 2. The quantitative estimate of drug-likeness (QED) is 0.747. The highest BCUT2D eigenvalue weighted by molar-refractivity contribution is 6.30. The molecule has 1 aromatic rings. The van der Waals surface area contributed by atoms with Gasteiger partial charge < -0.3 is 20.1 Å². The lowest BCUT2D eigenvalue weighted by Crippen LogP contribution is -2.46. The Morgan fingerprint density at radius 2 is 2.38 bits per heavy atom. The van der Waals surface area contributed by atoms with Crippen LogP contribution in [0.1, 0.15) is 12.5 Å². The molecule has 2 N–H and O–H groups in total. The van der Waals surface area contributed by atoms with E-state index in [9.17, 15) is 4.79 Å². The maximum absolute atomic E-state index is 11.8. The van der Waals surface area contributed by atoms with Gasteiger partial charge in [0.2, 0.25) is 5.91 Å². The standard InChI is InChI=1S/C15H21ClN2O3/c1-10(15(19)17-5-6-20-2)18-9-13-8-11-7-12(16)3-4-14(11)21-13/h3-4,7,10,13,18H,5-6,8-9H2,1-2H3,(H,17,19). The zero-order chi connectivity index (χ0) is 15.2.